The molecule has 1 aromatic rings. The second-order valence-electron chi connectivity index (χ2n) is 5.17. The molecule has 0 aliphatic carbocycles. The van der Waals surface area contributed by atoms with Crippen molar-refractivity contribution in [1.29, 1.82) is 0 Å². The van der Waals surface area contributed by atoms with E-state index < -0.39 is 5.97 Å². The summed E-state index contributed by atoms with van der Waals surface area (Å²) in [6.45, 7) is 3.59. The van der Waals surface area contributed by atoms with E-state index in [1.165, 1.54) is 7.11 Å². The van der Waals surface area contributed by atoms with Gasteiger partial charge in [0.2, 0.25) is 0 Å². The molecule has 6 nitrogen and oxygen atoms in total. The van der Waals surface area contributed by atoms with E-state index in [9.17, 15) is 4.79 Å². The molecule has 1 aliphatic heterocycles. The Labute approximate surface area is 130 Å². The Morgan fingerprint density at radius 2 is 2.09 bits per heavy atom. The Hall–Kier alpha value is -1.79. The van der Waals surface area contributed by atoms with Crippen molar-refractivity contribution in [3.05, 3.63) is 23.8 Å². The van der Waals surface area contributed by atoms with Crippen LogP contribution in [0.1, 0.15) is 23.7 Å². The van der Waals surface area contributed by atoms with E-state index in [0.29, 0.717) is 36.9 Å². The largest absolute Gasteiger partial charge is 0.488 e. The van der Waals surface area contributed by atoms with Crippen molar-refractivity contribution in [1.82, 2.24) is 0 Å². The van der Waals surface area contributed by atoms with Crippen LogP contribution in [0, 0.1) is 0 Å². The second kappa shape index (κ2) is 8.00. The highest BCUT2D eigenvalue weighted by molar-refractivity contribution is 5.90. The number of benzene rings is 1. The fourth-order valence-electron chi connectivity index (χ4n) is 2.24. The van der Waals surface area contributed by atoms with Gasteiger partial charge in [0.15, 0.2) is 0 Å². The zero-order chi connectivity index (χ0) is 15.9. The lowest BCUT2D eigenvalue weighted by Crippen LogP contribution is -2.19. The van der Waals surface area contributed by atoms with Gasteiger partial charge in [0.05, 0.1) is 32.5 Å². The topological polar surface area (TPSA) is 63.2 Å². The first-order valence-corrected chi connectivity index (χ1v) is 7.25. The standard InChI is InChI=1S/C16H22O6/c1-11(9-18-2)21-14-6-12(16(17)19-3)7-15(8-14)22-13-4-5-20-10-13/h6-8,11,13H,4-5,9-10H2,1-3H3/t11-,13-/m0/s1. The average molecular weight is 310 g/mol. The molecule has 0 saturated carbocycles. The SMILES string of the molecule is COC[C@H](C)Oc1cc(O[C@H]2CCOC2)cc(C(=O)OC)c1. The number of esters is 1. The first kappa shape index (κ1) is 16.6. The number of hydrogen-bond donors (Lipinski definition) is 0. The molecule has 0 unspecified atom stereocenters. The van der Waals surface area contributed by atoms with Gasteiger partial charge in [0.25, 0.3) is 0 Å². The van der Waals surface area contributed by atoms with Gasteiger partial charge in [-0.05, 0) is 19.1 Å². The highest BCUT2D eigenvalue weighted by Crippen LogP contribution is 2.26. The molecule has 1 aromatic carbocycles. The molecule has 0 aromatic heterocycles. The summed E-state index contributed by atoms with van der Waals surface area (Å²) in [4.78, 5) is 11.8. The first-order valence-electron chi connectivity index (χ1n) is 7.25. The molecule has 0 bridgehead atoms. The van der Waals surface area contributed by atoms with Crippen LogP contribution in [0.25, 0.3) is 0 Å². The average Bonchev–Trinajstić information content (AvgIpc) is 2.99. The molecule has 0 spiro atoms. The zero-order valence-corrected chi connectivity index (χ0v) is 13.2. The van der Waals surface area contributed by atoms with E-state index in [1.54, 1.807) is 25.3 Å². The van der Waals surface area contributed by atoms with E-state index in [1.807, 2.05) is 6.92 Å². The number of carbonyl (C=O) groups excluding carboxylic acids is 1. The molecule has 0 radical (unpaired) electrons. The number of carbonyl (C=O) groups is 1. The van der Waals surface area contributed by atoms with E-state index in [2.05, 4.69) is 0 Å². The lowest BCUT2D eigenvalue weighted by molar-refractivity contribution is 0.0597. The third-order valence-electron chi connectivity index (χ3n) is 3.23. The minimum Gasteiger partial charge on any atom is -0.488 e. The normalized spacial score (nSPS) is 18.8. The fraction of sp³-hybridized carbons (Fsp3) is 0.562. The highest BCUT2D eigenvalue weighted by Gasteiger charge is 2.19. The molecule has 2 atom stereocenters. The molecule has 1 saturated heterocycles. The van der Waals surface area contributed by atoms with Gasteiger partial charge in [0.1, 0.15) is 23.7 Å². The molecule has 0 amide bonds. The molecule has 1 heterocycles. The van der Waals surface area contributed by atoms with Crippen LogP contribution in [0.2, 0.25) is 0 Å². The predicted molar refractivity (Wildman–Crippen MR) is 79.6 cm³/mol. The van der Waals surface area contributed by atoms with Gasteiger partial charge < -0.3 is 23.7 Å². The van der Waals surface area contributed by atoms with Crippen molar-refractivity contribution < 1.29 is 28.5 Å². The Bertz CT molecular complexity index is 495. The number of methoxy groups -OCH3 is 2. The zero-order valence-electron chi connectivity index (χ0n) is 13.2. The molecule has 122 valence electrons. The van der Waals surface area contributed by atoms with Crippen LogP contribution in [0.15, 0.2) is 18.2 Å². The van der Waals surface area contributed by atoms with Gasteiger partial charge in [-0.1, -0.05) is 0 Å². The van der Waals surface area contributed by atoms with Gasteiger partial charge in [-0.3, -0.25) is 0 Å². The van der Waals surface area contributed by atoms with E-state index in [-0.39, 0.29) is 12.2 Å². The van der Waals surface area contributed by atoms with Gasteiger partial charge >= 0.3 is 5.97 Å². The second-order valence-corrected chi connectivity index (χ2v) is 5.17. The predicted octanol–water partition coefficient (Wildman–Crippen LogP) is 2.05. The minimum absolute atomic E-state index is 0.00264. The minimum atomic E-state index is -0.433. The quantitative estimate of drug-likeness (QED) is 0.718. The smallest absolute Gasteiger partial charge is 0.338 e. The summed E-state index contributed by atoms with van der Waals surface area (Å²) in [5, 5.41) is 0. The van der Waals surface area contributed by atoms with Crippen LogP contribution < -0.4 is 9.47 Å². The van der Waals surface area contributed by atoms with Crippen molar-refractivity contribution in [3.63, 3.8) is 0 Å². The maximum absolute atomic E-state index is 11.8. The number of rotatable bonds is 7. The number of ether oxygens (including phenoxy) is 5. The maximum Gasteiger partial charge on any atom is 0.338 e. The van der Waals surface area contributed by atoms with Crippen molar-refractivity contribution >= 4 is 5.97 Å². The van der Waals surface area contributed by atoms with Gasteiger partial charge in [-0.2, -0.15) is 0 Å². The summed E-state index contributed by atoms with van der Waals surface area (Å²) in [5.74, 6) is 0.678. The van der Waals surface area contributed by atoms with Crippen LogP contribution in [-0.4, -0.2) is 52.2 Å². The van der Waals surface area contributed by atoms with E-state index in [4.69, 9.17) is 23.7 Å². The molecular weight excluding hydrogens is 288 g/mol. The molecule has 1 aliphatic rings. The third-order valence-corrected chi connectivity index (χ3v) is 3.23. The van der Waals surface area contributed by atoms with Crippen molar-refractivity contribution in [2.45, 2.75) is 25.6 Å². The summed E-state index contributed by atoms with van der Waals surface area (Å²) in [5.41, 5.74) is 0.388. The fourth-order valence-corrected chi connectivity index (χ4v) is 2.24. The maximum atomic E-state index is 11.8. The van der Waals surface area contributed by atoms with Gasteiger partial charge in [-0.25, -0.2) is 4.79 Å². The van der Waals surface area contributed by atoms with Crippen molar-refractivity contribution in [2.75, 3.05) is 34.0 Å². The van der Waals surface area contributed by atoms with Crippen molar-refractivity contribution in [3.8, 4) is 11.5 Å². The Morgan fingerprint density at radius 1 is 1.32 bits per heavy atom. The number of hydrogen-bond acceptors (Lipinski definition) is 6. The molecule has 0 N–H and O–H groups in total. The monoisotopic (exact) mass is 310 g/mol. The van der Waals surface area contributed by atoms with Crippen LogP contribution in [0.3, 0.4) is 0 Å². The Kier molecular flexibility index (Phi) is 6.03. The van der Waals surface area contributed by atoms with Gasteiger partial charge in [-0.15, -0.1) is 0 Å². The summed E-state index contributed by atoms with van der Waals surface area (Å²) in [6.07, 6.45) is 0.691. The summed E-state index contributed by atoms with van der Waals surface area (Å²) in [6, 6.07) is 5.05. The van der Waals surface area contributed by atoms with Gasteiger partial charge in [0, 0.05) is 19.6 Å². The van der Waals surface area contributed by atoms with E-state index in [0.717, 1.165) is 6.42 Å². The van der Waals surface area contributed by atoms with Crippen molar-refractivity contribution in [2.24, 2.45) is 0 Å². The molecule has 1 fully saturated rings. The summed E-state index contributed by atoms with van der Waals surface area (Å²) in [7, 11) is 2.95. The Balaban J connectivity index is 2.17. The lowest BCUT2D eigenvalue weighted by Gasteiger charge is -2.17. The molecular formula is C16H22O6. The first-order chi connectivity index (χ1) is 10.6. The van der Waals surface area contributed by atoms with Crippen LogP contribution in [0.5, 0.6) is 11.5 Å². The van der Waals surface area contributed by atoms with E-state index >= 15 is 0 Å². The molecule has 2 rings (SSSR count). The van der Waals surface area contributed by atoms with Crippen LogP contribution in [0.4, 0.5) is 0 Å². The highest BCUT2D eigenvalue weighted by atomic mass is 16.6. The summed E-state index contributed by atoms with van der Waals surface area (Å²) < 4.78 is 26.7. The Morgan fingerprint density at radius 3 is 2.73 bits per heavy atom. The van der Waals surface area contributed by atoms with Crippen LogP contribution >= 0.6 is 0 Å². The van der Waals surface area contributed by atoms with Crippen LogP contribution in [-0.2, 0) is 14.2 Å². The summed E-state index contributed by atoms with van der Waals surface area (Å²) >= 11 is 0. The lowest BCUT2D eigenvalue weighted by atomic mass is 10.2. The third kappa shape index (κ3) is 4.61. The molecule has 6 heteroatoms. The molecule has 22 heavy (non-hydrogen) atoms.